The predicted molar refractivity (Wildman–Crippen MR) is 69.6 cm³/mol. The van der Waals surface area contributed by atoms with Gasteiger partial charge < -0.3 is 9.31 Å². The molecule has 0 N–H and O–H groups in total. The fourth-order valence-corrected chi connectivity index (χ4v) is 1.89. The standard InChI is InChI=1S/C13H17BF3NO2/c1-12(2)13(3,4)20-14(19-12)11-9(15)6-5-8(18-11)7-10(16)17/h5-6,10H,7H2,1-4H3. The van der Waals surface area contributed by atoms with Gasteiger partial charge in [-0.05, 0) is 39.8 Å². The number of alkyl halides is 2. The summed E-state index contributed by atoms with van der Waals surface area (Å²) >= 11 is 0. The van der Waals surface area contributed by atoms with Crippen molar-refractivity contribution in [3.05, 3.63) is 23.6 Å². The summed E-state index contributed by atoms with van der Waals surface area (Å²) in [5.74, 6) is -0.624. The minimum atomic E-state index is -2.53. The highest BCUT2D eigenvalue weighted by Crippen LogP contribution is 2.36. The van der Waals surface area contributed by atoms with Crippen LogP contribution in [0.2, 0.25) is 0 Å². The second-order valence-electron chi connectivity index (χ2n) is 5.85. The van der Waals surface area contributed by atoms with Crippen LogP contribution in [0.1, 0.15) is 33.4 Å². The van der Waals surface area contributed by atoms with Crippen molar-refractivity contribution in [2.24, 2.45) is 0 Å². The van der Waals surface area contributed by atoms with E-state index in [2.05, 4.69) is 4.98 Å². The summed E-state index contributed by atoms with van der Waals surface area (Å²) < 4.78 is 50.0. The number of pyridine rings is 1. The van der Waals surface area contributed by atoms with Crippen LogP contribution < -0.4 is 5.59 Å². The lowest BCUT2D eigenvalue weighted by atomic mass is 9.83. The molecule has 0 saturated carbocycles. The van der Waals surface area contributed by atoms with Crippen LogP contribution in [-0.2, 0) is 15.7 Å². The van der Waals surface area contributed by atoms with Crippen LogP contribution in [0.3, 0.4) is 0 Å². The molecule has 7 heteroatoms. The van der Waals surface area contributed by atoms with Crippen LogP contribution in [0.5, 0.6) is 0 Å². The number of rotatable bonds is 3. The van der Waals surface area contributed by atoms with Gasteiger partial charge in [0.2, 0.25) is 6.43 Å². The highest BCUT2D eigenvalue weighted by atomic mass is 19.3. The number of hydrogen-bond acceptors (Lipinski definition) is 3. The van der Waals surface area contributed by atoms with E-state index < -0.39 is 37.0 Å². The quantitative estimate of drug-likeness (QED) is 0.800. The third kappa shape index (κ3) is 2.83. The van der Waals surface area contributed by atoms with Crippen molar-refractivity contribution in [2.75, 3.05) is 0 Å². The second-order valence-corrected chi connectivity index (χ2v) is 5.85. The molecule has 1 fully saturated rings. The van der Waals surface area contributed by atoms with Gasteiger partial charge >= 0.3 is 7.12 Å². The average molecular weight is 287 g/mol. The number of aromatic nitrogens is 1. The normalized spacial score (nSPS) is 20.7. The van der Waals surface area contributed by atoms with E-state index in [4.69, 9.17) is 9.31 Å². The molecule has 20 heavy (non-hydrogen) atoms. The van der Waals surface area contributed by atoms with Crippen LogP contribution in [0.25, 0.3) is 0 Å². The van der Waals surface area contributed by atoms with E-state index in [0.29, 0.717) is 0 Å². The molecule has 0 amide bonds. The Hall–Kier alpha value is -1.08. The third-order valence-corrected chi connectivity index (χ3v) is 3.77. The first-order chi connectivity index (χ1) is 9.12. The van der Waals surface area contributed by atoms with E-state index in [1.165, 1.54) is 6.07 Å². The summed E-state index contributed by atoms with van der Waals surface area (Å²) in [7, 11) is -0.988. The molecule has 110 valence electrons. The van der Waals surface area contributed by atoms with Crippen molar-refractivity contribution >= 4 is 12.7 Å². The minimum absolute atomic E-state index is 0.0817. The Balaban J connectivity index is 2.30. The SMILES string of the molecule is CC1(C)OB(c2nc(CC(F)F)ccc2F)OC1(C)C. The van der Waals surface area contributed by atoms with E-state index in [1.807, 2.05) is 27.7 Å². The maximum Gasteiger partial charge on any atom is 0.517 e. The molecule has 0 atom stereocenters. The Morgan fingerprint density at radius 3 is 2.20 bits per heavy atom. The van der Waals surface area contributed by atoms with E-state index in [9.17, 15) is 13.2 Å². The van der Waals surface area contributed by atoms with Crippen LogP contribution in [0.4, 0.5) is 13.2 Å². The third-order valence-electron chi connectivity index (χ3n) is 3.77. The molecule has 0 bridgehead atoms. The molecule has 1 aromatic heterocycles. The molecule has 0 spiro atoms. The molecule has 0 radical (unpaired) electrons. The van der Waals surface area contributed by atoms with Gasteiger partial charge in [0.05, 0.1) is 17.6 Å². The van der Waals surface area contributed by atoms with Gasteiger partial charge in [-0.3, -0.25) is 4.98 Å². The molecule has 1 aromatic rings. The fourth-order valence-electron chi connectivity index (χ4n) is 1.89. The summed E-state index contributed by atoms with van der Waals surface area (Å²) in [5, 5.41) is 0. The van der Waals surface area contributed by atoms with Crippen LogP contribution >= 0.6 is 0 Å². The van der Waals surface area contributed by atoms with Gasteiger partial charge in [-0.1, -0.05) is 0 Å². The summed E-state index contributed by atoms with van der Waals surface area (Å²) in [5.41, 5.74) is -1.23. The number of nitrogens with zero attached hydrogens (tertiary/aromatic N) is 1. The number of halogens is 3. The van der Waals surface area contributed by atoms with Gasteiger partial charge in [0.25, 0.3) is 0 Å². The van der Waals surface area contributed by atoms with Gasteiger partial charge in [-0.2, -0.15) is 0 Å². The van der Waals surface area contributed by atoms with E-state index in [0.717, 1.165) is 6.07 Å². The lowest BCUT2D eigenvalue weighted by Crippen LogP contribution is -2.41. The fraction of sp³-hybridized carbons (Fsp3) is 0.615. The zero-order chi connectivity index (χ0) is 15.1. The first-order valence-electron chi connectivity index (χ1n) is 6.41. The van der Waals surface area contributed by atoms with Crippen molar-refractivity contribution in [1.29, 1.82) is 0 Å². The zero-order valence-corrected chi connectivity index (χ0v) is 11.9. The summed E-state index contributed by atoms with van der Waals surface area (Å²) in [6.07, 6.45) is -3.05. The number of hydrogen-bond donors (Lipinski definition) is 0. The monoisotopic (exact) mass is 287 g/mol. The van der Waals surface area contributed by atoms with Gasteiger partial charge in [0.15, 0.2) is 0 Å². The highest BCUT2D eigenvalue weighted by Gasteiger charge is 2.53. The van der Waals surface area contributed by atoms with Crippen molar-refractivity contribution in [3.8, 4) is 0 Å². The maximum absolute atomic E-state index is 13.9. The largest absolute Gasteiger partial charge is 0.517 e. The van der Waals surface area contributed by atoms with Crippen LogP contribution in [0.15, 0.2) is 12.1 Å². The molecule has 0 unspecified atom stereocenters. The van der Waals surface area contributed by atoms with Gasteiger partial charge in [-0.15, -0.1) is 0 Å². The summed E-state index contributed by atoms with van der Waals surface area (Å²) in [6.45, 7) is 7.31. The molecule has 0 aromatic carbocycles. The molecule has 0 aliphatic carbocycles. The average Bonchev–Trinajstić information content (AvgIpc) is 2.50. The highest BCUT2D eigenvalue weighted by molar-refractivity contribution is 6.61. The Morgan fingerprint density at radius 1 is 1.15 bits per heavy atom. The zero-order valence-electron chi connectivity index (χ0n) is 11.9. The van der Waals surface area contributed by atoms with Crippen LogP contribution in [-0.4, -0.2) is 29.7 Å². The van der Waals surface area contributed by atoms with Crippen molar-refractivity contribution in [2.45, 2.75) is 51.7 Å². The molecular weight excluding hydrogens is 270 g/mol. The van der Waals surface area contributed by atoms with Gasteiger partial charge in [0, 0.05) is 5.69 Å². The van der Waals surface area contributed by atoms with Crippen molar-refractivity contribution in [3.63, 3.8) is 0 Å². The first kappa shape index (κ1) is 15.3. The Bertz CT molecular complexity index is 492. The Morgan fingerprint density at radius 2 is 1.70 bits per heavy atom. The molecule has 3 nitrogen and oxygen atoms in total. The van der Waals surface area contributed by atoms with Crippen molar-refractivity contribution < 1.29 is 22.5 Å². The first-order valence-corrected chi connectivity index (χ1v) is 6.41. The van der Waals surface area contributed by atoms with Gasteiger partial charge in [-0.25, -0.2) is 13.2 Å². The maximum atomic E-state index is 13.9. The van der Waals surface area contributed by atoms with E-state index >= 15 is 0 Å². The second kappa shape index (κ2) is 5.04. The molecule has 2 rings (SSSR count). The van der Waals surface area contributed by atoms with E-state index in [1.54, 1.807) is 0 Å². The Labute approximate surface area is 116 Å². The lowest BCUT2D eigenvalue weighted by molar-refractivity contribution is 0.00578. The molecule has 1 saturated heterocycles. The molecular formula is C13H17BF3NO2. The molecule has 1 aliphatic heterocycles. The molecule has 2 heterocycles. The van der Waals surface area contributed by atoms with Crippen molar-refractivity contribution in [1.82, 2.24) is 4.98 Å². The molecule has 1 aliphatic rings. The summed E-state index contributed by atoms with van der Waals surface area (Å²) in [6, 6.07) is 2.36. The van der Waals surface area contributed by atoms with Crippen LogP contribution in [0, 0.1) is 5.82 Å². The predicted octanol–water partition coefficient (Wildman–Crippen LogP) is 2.33. The topological polar surface area (TPSA) is 31.4 Å². The minimum Gasteiger partial charge on any atom is -0.398 e. The Kier molecular flexibility index (Phi) is 3.86. The smallest absolute Gasteiger partial charge is 0.398 e. The van der Waals surface area contributed by atoms with E-state index in [-0.39, 0.29) is 11.3 Å². The summed E-state index contributed by atoms with van der Waals surface area (Å²) in [4.78, 5) is 3.92. The lowest BCUT2D eigenvalue weighted by Gasteiger charge is -2.32. The van der Waals surface area contributed by atoms with Gasteiger partial charge in [0.1, 0.15) is 11.4 Å².